The first kappa shape index (κ1) is 12.7. The number of carboxylic acid groups (broad SMARTS) is 1. The third-order valence-corrected chi connectivity index (χ3v) is 2.33. The highest BCUT2D eigenvalue weighted by Gasteiger charge is 2.06. The molecule has 0 spiro atoms. The predicted octanol–water partition coefficient (Wildman–Crippen LogP) is 1.19. The topological polar surface area (TPSA) is 97.2 Å². The summed E-state index contributed by atoms with van der Waals surface area (Å²) in [5, 5.41) is 11.8. The van der Waals surface area contributed by atoms with Crippen molar-refractivity contribution in [1.82, 2.24) is 15.0 Å². The van der Waals surface area contributed by atoms with Gasteiger partial charge in [0.1, 0.15) is 0 Å². The fourth-order valence-corrected chi connectivity index (χ4v) is 1.42. The highest BCUT2D eigenvalue weighted by atomic mass is 16.5. The van der Waals surface area contributed by atoms with E-state index in [0.717, 1.165) is 5.56 Å². The number of methoxy groups -OCH3 is 1. The van der Waals surface area contributed by atoms with Crippen LogP contribution in [0.25, 0.3) is 0 Å². The fraction of sp³-hybridized carbons (Fsp3) is 0.167. The monoisotopic (exact) mass is 260 g/mol. The third-order valence-electron chi connectivity index (χ3n) is 2.33. The van der Waals surface area contributed by atoms with Crippen LogP contribution in [0.1, 0.15) is 16.1 Å². The quantitative estimate of drug-likeness (QED) is 0.833. The van der Waals surface area contributed by atoms with Gasteiger partial charge in [-0.05, 0) is 17.7 Å². The first-order valence-electron chi connectivity index (χ1n) is 5.48. The number of anilines is 1. The van der Waals surface area contributed by atoms with E-state index in [2.05, 4.69) is 20.3 Å². The molecule has 0 aliphatic carbocycles. The largest absolute Gasteiger partial charge is 0.481 e. The zero-order valence-corrected chi connectivity index (χ0v) is 10.2. The molecular formula is C12H12N4O3. The number of ether oxygens (including phenoxy) is 1. The van der Waals surface area contributed by atoms with Gasteiger partial charge in [0.2, 0.25) is 11.8 Å². The highest BCUT2D eigenvalue weighted by molar-refractivity contribution is 5.85. The zero-order chi connectivity index (χ0) is 13.7. The van der Waals surface area contributed by atoms with Gasteiger partial charge in [0.05, 0.1) is 7.11 Å². The van der Waals surface area contributed by atoms with Crippen LogP contribution < -0.4 is 10.1 Å². The first-order chi connectivity index (χ1) is 9.19. The fourth-order valence-electron chi connectivity index (χ4n) is 1.42. The molecule has 2 rings (SSSR count). The van der Waals surface area contributed by atoms with Gasteiger partial charge in [-0.1, -0.05) is 0 Å². The number of nitrogens with one attached hydrogen (secondary N) is 1. The molecule has 19 heavy (non-hydrogen) atoms. The van der Waals surface area contributed by atoms with E-state index >= 15 is 0 Å². The van der Waals surface area contributed by atoms with Crippen molar-refractivity contribution in [3.63, 3.8) is 0 Å². The molecule has 7 nitrogen and oxygen atoms in total. The Labute approximate surface area is 109 Å². The van der Waals surface area contributed by atoms with Gasteiger partial charge in [-0.25, -0.2) is 19.7 Å². The minimum absolute atomic E-state index is 0.0511. The van der Waals surface area contributed by atoms with Crippen LogP contribution in [0.3, 0.4) is 0 Å². The van der Waals surface area contributed by atoms with Crippen molar-refractivity contribution in [3.8, 4) is 5.88 Å². The second-order valence-electron chi connectivity index (χ2n) is 3.63. The number of pyridine rings is 1. The van der Waals surface area contributed by atoms with E-state index in [4.69, 9.17) is 9.84 Å². The van der Waals surface area contributed by atoms with Gasteiger partial charge in [0.15, 0.2) is 5.69 Å². The van der Waals surface area contributed by atoms with Crippen LogP contribution >= 0.6 is 0 Å². The van der Waals surface area contributed by atoms with Gasteiger partial charge < -0.3 is 15.2 Å². The molecule has 0 unspecified atom stereocenters. The number of carbonyl (C=O) groups is 1. The zero-order valence-electron chi connectivity index (χ0n) is 10.2. The van der Waals surface area contributed by atoms with Crippen molar-refractivity contribution < 1.29 is 14.6 Å². The van der Waals surface area contributed by atoms with Crippen molar-refractivity contribution in [2.24, 2.45) is 0 Å². The molecule has 0 atom stereocenters. The maximum absolute atomic E-state index is 10.8. The van der Waals surface area contributed by atoms with Gasteiger partial charge in [-0.2, -0.15) is 0 Å². The number of aromatic nitrogens is 3. The first-order valence-corrected chi connectivity index (χ1v) is 5.48. The Bertz CT molecular complexity index is 589. The lowest BCUT2D eigenvalue weighted by Gasteiger charge is -2.06. The van der Waals surface area contributed by atoms with Gasteiger partial charge >= 0.3 is 5.97 Å². The molecule has 98 valence electrons. The Hall–Kier alpha value is -2.70. The van der Waals surface area contributed by atoms with E-state index in [9.17, 15) is 4.79 Å². The van der Waals surface area contributed by atoms with Crippen molar-refractivity contribution in [2.75, 3.05) is 12.4 Å². The molecule has 0 saturated heterocycles. The van der Waals surface area contributed by atoms with Gasteiger partial charge in [0.25, 0.3) is 0 Å². The molecule has 0 fully saturated rings. The molecule has 0 aliphatic rings. The Balaban J connectivity index is 2.05. The SMILES string of the molecule is COc1cc(CNc2nccc(C(=O)O)n2)ccn1. The van der Waals surface area contributed by atoms with E-state index in [1.54, 1.807) is 19.4 Å². The molecule has 0 aromatic carbocycles. The van der Waals surface area contributed by atoms with Crippen molar-refractivity contribution in [1.29, 1.82) is 0 Å². The van der Waals surface area contributed by atoms with Gasteiger partial charge in [0, 0.05) is 25.0 Å². The van der Waals surface area contributed by atoms with Gasteiger partial charge in [-0.3, -0.25) is 0 Å². The summed E-state index contributed by atoms with van der Waals surface area (Å²) in [6.07, 6.45) is 3.02. The minimum Gasteiger partial charge on any atom is -0.481 e. The lowest BCUT2D eigenvalue weighted by Crippen LogP contribution is -2.07. The van der Waals surface area contributed by atoms with E-state index in [0.29, 0.717) is 12.4 Å². The average molecular weight is 260 g/mol. The van der Waals surface area contributed by atoms with Crippen molar-refractivity contribution in [3.05, 3.63) is 41.9 Å². The Morgan fingerprint density at radius 3 is 2.89 bits per heavy atom. The summed E-state index contributed by atoms with van der Waals surface area (Å²) < 4.78 is 5.01. The van der Waals surface area contributed by atoms with Crippen LogP contribution in [0.15, 0.2) is 30.6 Å². The summed E-state index contributed by atoms with van der Waals surface area (Å²) in [5.74, 6) is -0.314. The maximum Gasteiger partial charge on any atom is 0.354 e. The van der Waals surface area contributed by atoms with E-state index < -0.39 is 5.97 Å². The molecule has 2 aromatic heterocycles. The Morgan fingerprint density at radius 1 is 1.37 bits per heavy atom. The normalized spacial score (nSPS) is 9.95. The van der Waals surface area contributed by atoms with E-state index in [-0.39, 0.29) is 11.6 Å². The molecular weight excluding hydrogens is 248 g/mol. The lowest BCUT2D eigenvalue weighted by molar-refractivity contribution is 0.0690. The number of hydrogen-bond acceptors (Lipinski definition) is 6. The molecule has 0 saturated carbocycles. The minimum atomic E-state index is -1.09. The van der Waals surface area contributed by atoms with Crippen LogP contribution in [0, 0.1) is 0 Å². The average Bonchev–Trinajstić information content (AvgIpc) is 2.45. The summed E-state index contributed by atoms with van der Waals surface area (Å²) in [5.41, 5.74) is 0.876. The molecule has 0 amide bonds. The summed E-state index contributed by atoms with van der Waals surface area (Å²) >= 11 is 0. The van der Waals surface area contributed by atoms with Crippen molar-refractivity contribution >= 4 is 11.9 Å². The van der Waals surface area contributed by atoms with Crippen LogP contribution in [0.5, 0.6) is 5.88 Å². The molecule has 2 heterocycles. The van der Waals surface area contributed by atoms with E-state index in [1.165, 1.54) is 12.3 Å². The molecule has 2 N–H and O–H groups in total. The number of hydrogen-bond donors (Lipinski definition) is 2. The number of nitrogens with zero attached hydrogens (tertiary/aromatic N) is 3. The van der Waals surface area contributed by atoms with Crippen LogP contribution in [0.2, 0.25) is 0 Å². The number of rotatable bonds is 5. The van der Waals surface area contributed by atoms with Gasteiger partial charge in [-0.15, -0.1) is 0 Å². The van der Waals surface area contributed by atoms with Crippen molar-refractivity contribution in [2.45, 2.75) is 6.54 Å². The standard InChI is InChI=1S/C12H12N4O3/c1-19-10-6-8(2-4-13-10)7-15-12-14-5-3-9(16-12)11(17)18/h2-6H,7H2,1H3,(H,17,18)(H,14,15,16). The third kappa shape index (κ3) is 3.38. The molecule has 2 aromatic rings. The lowest BCUT2D eigenvalue weighted by atomic mass is 10.2. The summed E-state index contributed by atoms with van der Waals surface area (Å²) in [6.45, 7) is 0.446. The Kier molecular flexibility index (Phi) is 3.87. The Morgan fingerprint density at radius 2 is 2.16 bits per heavy atom. The number of aromatic carboxylic acids is 1. The molecule has 0 bridgehead atoms. The summed E-state index contributed by atoms with van der Waals surface area (Å²) in [7, 11) is 1.54. The predicted molar refractivity (Wildman–Crippen MR) is 67.1 cm³/mol. The van der Waals surface area contributed by atoms with Crippen LogP contribution in [-0.2, 0) is 6.54 Å². The smallest absolute Gasteiger partial charge is 0.354 e. The van der Waals surface area contributed by atoms with Crippen LogP contribution in [0.4, 0.5) is 5.95 Å². The summed E-state index contributed by atoms with van der Waals surface area (Å²) in [4.78, 5) is 22.6. The molecule has 0 aliphatic heterocycles. The molecule has 0 radical (unpaired) electrons. The van der Waals surface area contributed by atoms with Crippen LogP contribution in [-0.4, -0.2) is 33.1 Å². The highest BCUT2D eigenvalue weighted by Crippen LogP contribution is 2.10. The second kappa shape index (κ2) is 5.76. The number of carboxylic acids is 1. The summed E-state index contributed by atoms with van der Waals surface area (Å²) in [6, 6.07) is 4.92. The maximum atomic E-state index is 10.8. The second-order valence-corrected chi connectivity index (χ2v) is 3.63. The van der Waals surface area contributed by atoms with E-state index in [1.807, 2.05) is 6.07 Å². The molecule has 7 heteroatoms.